The Hall–Kier alpha value is -4.81. The molecule has 17 nitrogen and oxygen atoms in total. The Morgan fingerprint density at radius 3 is 1.96 bits per heavy atom. The maximum Gasteiger partial charge on any atom is 0.491 e. The van der Waals surface area contributed by atoms with Crippen LogP contribution >= 0.6 is 0 Å². The van der Waals surface area contributed by atoms with Crippen LogP contribution in [0.1, 0.15) is 71.4 Å². The van der Waals surface area contributed by atoms with Crippen molar-refractivity contribution in [3.05, 3.63) is 58.7 Å². The summed E-state index contributed by atoms with van der Waals surface area (Å²) in [6.45, 7) is 2.86. The monoisotopic (exact) mass is 723 g/mol. The first kappa shape index (κ1) is 40.0. The summed E-state index contributed by atoms with van der Waals surface area (Å²) < 4.78 is 10.3. The fourth-order valence-corrected chi connectivity index (χ4v) is 5.74. The quantitative estimate of drug-likeness (QED) is 0.0552. The highest BCUT2D eigenvalue weighted by atomic mass is 16.5. The smallest absolute Gasteiger partial charge is 0.480 e. The summed E-state index contributed by atoms with van der Waals surface area (Å²) >= 11 is 0. The van der Waals surface area contributed by atoms with Crippen LogP contribution in [0.4, 0.5) is 0 Å². The molecule has 0 saturated carbocycles. The number of carbonyl (C=O) groups is 6. The molecule has 278 valence electrons. The van der Waals surface area contributed by atoms with Crippen LogP contribution in [0.25, 0.3) is 0 Å². The topological polar surface area (TPSA) is 262 Å². The van der Waals surface area contributed by atoms with Crippen LogP contribution in [0.15, 0.2) is 36.4 Å². The fraction of sp³-hybridized carbons (Fsp3) is 0.455. The Labute approximate surface area is 300 Å². The molecule has 2 aromatic rings. The number of carboxylic acids is 1. The number of fused-ring (bicyclic) bond motifs is 2. The van der Waals surface area contributed by atoms with E-state index in [9.17, 15) is 49.0 Å². The maximum atomic E-state index is 13.3. The second kappa shape index (κ2) is 18.6. The van der Waals surface area contributed by atoms with Crippen molar-refractivity contribution in [2.75, 3.05) is 19.6 Å². The molecule has 0 spiro atoms. The lowest BCUT2D eigenvalue weighted by molar-refractivity contribution is -0.145. The molecule has 0 aromatic heterocycles. The molecule has 0 saturated heterocycles. The van der Waals surface area contributed by atoms with E-state index >= 15 is 0 Å². The van der Waals surface area contributed by atoms with Crippen LogP contribution in [0, 0.1) is 5.92 Å². The molecule has 0 unspecified atom stereocenters. The Morgan fingerprint density at radius 2 is 1.40 bits per heavy atom. The third kappa shape index (κ3) is 10.6. The lowest BCUT2D eigenvalue weighted by atomic mass is 9.78. The van der Waals surface area contributed by atoms with Crippen molar-refractivity contribution in [1.29, 1.82) is 0 Å². The van der Waals surface area contributed by atoms with Gasteiger partial charge in [-0.2, -0.15) is 0 Å². The maximum absolute atomic E-state index is 13.3. The number of hydrogen-bond donors (Lipinski definition) is 9. The van der Waals surface area contributed by atoms with E-state index in [0.29, 0.717) is 42.2 Å². The summed E-state index contributed by atoms with van der Waals surface area (Å²) in [6, 6.07) is 6.48. The van der Waals surface area contributed by atoms with Crippen molar-refractivity contribution in [3.63, 3.8) is 0 Å². The average Bonchev–Trinajstić information content (AvgIpc) is 3.69. The van der Waals surface area contributed by atoms with Gasteiger partial charge in [0.05, 0.1) is 25.9 Å². The van der Waals surface area contributed by atoms with E-state index in [1.807, 2.05) is 0 Å². The molecule has 0 fully saturated rings. The zero-order valence-electron chi connectivity index (χ0n) is 28.8. The molecule has 0 aliphatic carbocycles. The van der Waals surface area contributed by atoms with Gasteiger partial charge in [0.25, 0.3) is 11.8 Å². The zero-order valence-corrected chi connectivity index (χ0v) is 28.8. The molecular weight excluding hydrogens is 680 g/mol. The van der Waals surface area contributed by atoms with Gasteiger partial charge in [-0.3, -0.25) is 24.0 Å². The molecule has 5 amide bonds. The molecule has 19 heteroatoms. The predicted molar refractivity (Wildman–Crippen MR) is 186 cm³/mol. The number of carbonyl (C=O) groups excluding carboxylic acids is 5. The summed E-state index contributed by atoms with van der Waals surface area (Å²) in [5.74, 6) is -4.86. The van der Waals surface area contributed by atoms with Gasteiger partial charge in [0.1, 0.15) is 6.04 Å². The molecule has 2 aliphatic heterocycles. The molecule has 4 atom stereocenters. The van der Waals surface area contributed by atoms with Gasteiger partial charge in [0.15, 0.2) is 6.04 Å². The van der Waals surface area contributed by atoms with Gasteiger partial charge in [-0.05, 0) is 72.5 Å². The average molecular weight is 723 g/mol. The molecule has 2 aliphatic rings. The van der Waals surface area contributed by atoms with Crippen molar-refractivity contribution in [2.45, 2.75) is 70.9 Å². The summed E-state index contributed by atoms with van der Waals surface area (Å²) in [7, 11) is -2.37. The number of aliphatic hydroxyl groups is 1. The first-order chi connectivity index (χ1) is 24.8. The van der Waals surface area contributed by atoms with E-state index in [-0.39, 0.29) is 37.4 Å². The number of carboxylic acid groups (broad SMARTS) is 1. The highest BCUT2D eigenvalue weighted by Crippen LogP contribution is 2.15. The zero-order chi connectivity index (χ0) is 37.9. The predicted octanol–water partition coefficient (Wildman–Crippen LogP) is -2.97. The van der Waals surface area contributed by atoms with Crippen molar-refractivity contribution < 1.29 is 58.3 Å². The first-order valence-electron chi connectivity index (χ1n) is 17.0. The third-order valence-electron chi connectivity index (χ3n) is 8.86. The number of rotatable bonds is 18. The largest absolute Gasteiger partial charge is 0.491 e. The molecule has 9 N–H and O–H groups in total. The van der Waals surface area contributed by atoms with Gasteiger partial charge in [0.2, 0.25) is 17.7 Å². The fourth-order valence-electron chi connectivity index (χ4n) is 5.74. The molecule has 2 aromatic carbocycles. The van der Waals surface area contributed by atoms with Gasteiger partial charge in [0, 0.05) is 30.1 Å². The second-order valence-electron chi connectivity index (χ2n) is 12.6. The Morgan fingerprint density at radius 1 is 0.808 bits per heavy atom. The van der Waals surface area contributed by atoms with Crippen molar-refractivity contribution in [3.8, 4) is 0 Å². The van der Waals surface area contributed by atoms with Gasteiger partial charge in [-0.25, -0.2) is 4.79 Å². The van der Waals surface area contributed by atoms with E-state index < -0.39 is 80.4 Å². The molecule has 52 heavy (non-hydrogen) atoms. The number of nitrogens with one attached hydrogen (secondary N) is 5. The first-order valence-corrected chi connectivity index (χ1v) is 17.0. The van der Waals surface area contributed by atoms with Crippen molar-refractivity contribution in [1.82, 2.24) is 26.6 Å². The number of aliphatic carboxylic acids is 1. The minimum Gasteiger partial charge on any atom is -0.480 e. The Bertz CT molecular complexity index is 1660. The van der Waals surface area contributed by atoms with E-state index in [4.69, 9.17) is 9.31 Å². The summed E-state index contributed by atoms with van der Waals surface area (Å²) in [4.78, 5) is 75.8. The van der Waals surface area contributed by atoms with E-state index in [1.165, 1.54) is 31.2 Å². The van der Waals surface area contributed by atoms with Gasteiger partial charge in [-0.15, -0.1) is 0 Å². The number of unbranched alkanes of at least 4 members (excludes halogenated alkanes) is 1. The van der Waals surface area contributed by atoms with Crippen molar-refractivity contribution >= 4 is 60.7 Å². The highest BCUT2D eigenvalue weighted by molar-refractivity contribution is 6.62. The van der Waals surface area contributed by atoms with Crippen LogP contribution in [0.2, 0.25) is 0 Å². The third-order valence-corrected chi connectivity index (χ3v) is 8.86. The van der Waals surface area contributed by atoms with Crippen LogP contribution in [-0.2, 0) is 41.7 Å². The van der Waals surface area contributed by atoms with Crippen molar-refractivity contribution in [2.24, 2.45) is 5.92 Å². The normalized spacial score (nSPS) is 15.4. The minimum atomic E-state index is -1.42. The van der Waals surface area contributed by atoms with Crippen LogP contribution in [0.3, 0.4) is 0 Å². The van der Waals surface area contributed by atoms with Crippen LogP contribution in [-0.4, -0.2) is 108 Å². The minimum absolute atomic E-state index is 0.130. The van der Waals surface area contributed by atoms with Crippen LogP contribution in [0.5, 0.6) is 0 Å². The molecule has 4 rings (SSSR count). The van der Waals surface area contributed by atoms with Gasteiger partial charge >= 0.3 is 20.2 Å². The van der Waals surface area contributed by atoms with Gasteiger partial charge < -0.3 is 56.2 Å². The van der Waals surface area contributed by atoms with Crippen LogP contribution < -0.4 is 37.5 Å². The van der Waals surface area contributed by atoms with Gasteiger partial charge in [-0.1, -0.05) is 25.5 Å². The Balaban J connectivity index is 1.29. The lowest BCUT2D eigenvalue weighted by Gasteiger charge is -2.21. The Kier molecular flexibility index (Phi) is 14.3. The molecule has 0 bridgehead atoms. The summed E-state index contributed by atoms with van der Waals surface area (Å²) in [5.41, 5.74) is 2.62. The number of aliphatic hydroxyl groups excluding tert-OH is 1. The highest BCUT2D eigenvalue weighted by Gasteiger charge is 2.31. The SMILES string of the molecule is CC[C@H](CCCCNC(=O)CNC(=O)[C@@H](CNC(=O)c1ccc2c(c1)B(O)OC2)NC(=O)c1ccc2c(c1)B(O)OC2)C(=O)N[C@H](C(=O)O)[C@@H](C)O. The van der Waals surface area contributed by atoms with E-state index in [2.05, 4.69) is 26.6 Å². The van der Waals surface area contributed by atoms with E-state index in [0.717, 1.165) is 5.56 Å². The molecule has 0 radical (unpaired) electrons. The second-order valence-corrected chi connectivity index (χ2v) is 12.6. The standard InChI is InChI=1S/C33H43B2N5O12/c1-3-19(30(44)40-28(18(2)41)33(47)48)6-4-5-11-36-27(42)15-38-32(46)26(39-31(45)21-8-10-23-17-52-35(50)25(23)13-21)14-37-29(43)20-7-9-22-16-51-34(49)24(22)12-20/h7-10,12-13,18-19,26,28,41,49-50H,3-6,11,14-17H2,1-2H3,(H,36,42)(H,37,43)(H,38,46)(H,39,45)(H,40,44)(H,47,48)/t18-,19-,26-,28+/m1/s1. The number of amides is 5. The number of benzene rings is 2. The summed E-state index contributed by atoms with van der Waals surface area (Å²) in [5, 5.41) is 51.5. The number of hydrogen-bond acceptors (Lipinski definition) is 11. The molecule has 2 heterocycles. The van der Waals surface area contributed by atoms with E-state index in [1.54, 1.807) is 19.1 Å². The summed E-state index contributed by atoms with van der Waals surface area (Å²) in [6.07, 6.45) is 0.615. The molecular formula is C33H43B2N5O12. The lowest BCUT2D eigenvalue weighted by Crippen LogP contribution is -2.54.